The summed E-state index contributed by atoms with van der Waals surface area (Å²) >= 11 is 0. The number of aldehydes is 1. The van der Waals surface area contributed by atoms with Gasteiger partial charge in [-0.3, -0.25) is 4.79 Å². The Morgan fingerprint density at radius 3 is 1.62 bits per heavy atom. The zero-order chi connectivity index (χ0) is 18.4. The maximum atomic E-state index is 13.7. The quantitative estimate of drug-likeness (QED) is 0.564. The van der Waals surface area contributed by atoms with Crippen molar-refractivity contribution in [3.8, 4) is 11.5 Å². The first kappa shape index (κ1) is 17.6. The molecule has 0 radical (unpaired) electrons. The minimum atomic E-state index is -0.366. The smallest absolute Gasteiger partial charge is 0.150 e. The van der Waals surface area contributed by atoms with Gasteiger partial charge in [-0.25, -0.2) is 8.78 Å². The number of carbonyl (C=O) groups excluding carboxylic acids is 1. The van der Waals surface area contributed by atoms with Gasteiger partial charge in [-0.2, -0.15) is 0 Å². The van der Waals surface area contributed by atoms with Crippen LogP contribution in [0.15, 0.2) is 66.7 Å². The number of benzene rings is 3. The fourth-order valence-electron chi connectivity index (χ4n) is 2.38. The first-order chi connectivity index (χ1) is 12.7. The lowest BCUT2D eigenvalue weighted by molar-refractivity contribution is 0.112. The van der Waals surface area contributed by atoms with Crippen molar-refractivity contribution in [1.82, 2.24) is 0 Å². The van der Waals surface area contributed by atoms with E-state index in [1.807, 2.05) is 0 Å². The van der Waals surface area contributed by atoms with Crippen LogP contribution in [0.5, 0.6) is 11.5 Å². The van der Waals surface area contributed by atoms with Crippen LogP contribution in [0.25, 0.3) is 0 Å². The molecule has 0 aromatic heterocycles. The van der Waals surface area contributed by atoms with Crippen molar-refractivity contribution < 1.29 is 23.0 Å². The molecule has 26 heavy (non-hydrogen) atoms. The number of hydrogen-bond acceptors (Lipinski definition) is 3. The topological polar surface area (TPSA) is 35.5 Å². The van der Waals surface area contributed by atoms with Crippen LogP contribution in [0.4, 0.5) is 8.78 Å². The summed E-state index contributed by atoms with van der Waals surface area (Å²) in [6, 6.07) is 17.2. The third-order valence-corrected chi connectivity index (χ3v) is 3.74. The minimum Gasteiger partial charge on any atom is -0.489 e. The molecule has 0 heterocycles. The predicted octanol–water partition coefficient (Wildman–Crippen LogP) is 4.94. The number of halogens is 2. The molecule has 0 aliphatic rings. The van der Waals surface area contributed by atoms with Gasteiger partial charge in [-0.15, -0.1) is 0 Å². The van der Waals surface area contributed by atoms with Gasteiger partial charge in [0.15, 0.2) is 0 Å². The van der Waals surface area contributed by atoms with Crippen LogP contribution < -0.4 is 9.47 Å². The van der Waals surface area contributed by atoms with Crippen LogP contribution in [-0.4, -0.2) is 6.29 Å². The molecule has 0 unspecified atom stereocenters. The van der Waals surface area contributed by atoms with Crippen LogP contribution in [-0.2, 0) is 13.2 Å². The second kappa shape index (κ2) is 8.25. The zero-order valence-electron chi connectivity index (χ0n) is 13.8. The van der Waals surface area contributed by atoms with E-state index in [2.05, 4.69) is 0 Å². The van der Waals surface area contributed by atoms with Gasteiger partial charge in [0.2, 0.25) is 0 Å². The highest BCUT2D eigenvalue weighted by Gasteiger charge is 2.07. The standard InChI is InChI=1S/C21H16F2O3/c22-20-7-3-1-5-16(20)13-25-18-9-15(12-24)10-19(11-18)26-14-17-6-2-4-8-21(17)23/h1-12H,13-14H2. The van der Waals surface area contributed by atoms with Crippen LogP contribution in [0.1, 0.15) is 21.5 Å². The van der Waals surface area contributed by atoms with Crippen molar-refractivity contribution in [3.63, 3.8) is 0 Å². The largest absolute Gasteiger partial charge is 0.489 e. The van der Waals surface area contributed by atoms with Crippen LogP contribution in [0, 0.1) is 11.6 Å². The number of rotatable bonds is 7. The van der Waals surface area contributed by atoms with Crippen molar-refractivity contribution in [2.75, 3.05) is 0 Å². The average Bonchev–Trinajstić information content (AvgIpc) is 2.66. The summed E-state index contributed by atoms with van der Waals surface area (Å²) in [7, 11) is 0. The minimum absolute atomic E-state index is 0.0156. The fourth-order valence-corrected chi connectivity index (χ4v) is 2.38. The molecule has 0 N–H and O–H groups in total. The van der Waals surface area contributed by atoms with E-state index >= 15 is 0 Å². The van der Waals surface area contributed by atoms with E-state index in [0.717, 1.165) is 0 Å². The summed E-state index contributed by atoms with van der Waals surface area (Å²) in [5.74, 6) is -0.00656. The first-order valence-corrected chi connectivity index (χ1v) is 7.98. The third kappa shape index (κ3) is 4.45. The second-order valence-electron chi connectivity index (χ2n) is 5.62. The molecule has 132 valence electrons. The fraction of sp³-hybridized carbons (Fsp3) is 0.0952. The summed E-state index contributed by atoms with van der Waals surface area (Å²) in [6.07, 6.45) is 0.659. The number of carbonyl (C=O) groups is 1. The number of ether oxygens (including phenoxy) is 2. The summed E-state index contributed by atoms with van der Waals surface area (Å²) in [6.45, 7) is 0.0312. The predicted molar refractivity (Wildman–Crippen MR) is 93.3 cm³/mol. The zero-order valence-corrected chi connectivity index (χ0v) is 13.8. The van der Waals surface area contributed by atoms with Crippen molar-refractivity contribution in [1.29, 1.82) is 0 Å². The third-order valence-electron chi connectivity index (χ3n) is 3.74. The molecule has 0 fully saturated rings. The second-order valence-corrected chi connectivity index (χ2v) is 5.62. The molecule has 3 nitrogen and oxygen atoms in total. The summed E-state index contributed by atoms with van der Waals surface area (Å²) < 4.78 is 38.5. The van der Waals surface area contributed by atoms with Crippen molar-refractivity contribution in [3.05, 3.63) is 95.1 Å². The Balaban J connectivity index is 1.73. The maximum Gasteiger partial charge on any atom is 0.150 e. The average molecular weight is 354 g/mol. The van der Waals surface area contributed by atoms with Gasteiger partial charge in [-0.05, 0) is 24.3 Å². The maximum absolute atomic E-state index is 13.7. The lowest BCUT2D eigenvalue weighted by Crippen LogP contribution is -2.01. The highest BCUT2D eigenvalue weighted by atomic mass is 19.1. The van der Waals surface area contributed by atoms with Gasteiger partial charge in [0, 0.05) is 22.8 Å². The highest BCUT2D eigenvalue weighted by Crippen LogP contribution is 2.24. The van der Waals surface area contributed by atoms with E-state index in [-0.39, 0.29) is 24.8 Å². The Kier molecular flexibility index (Phi) is 5.59. The van der Waals surface area contributed by atoms with E-state index < -0.39 is 0 Å². The van der Waals surface area contributed by atoms with Crippen LogP contribution in [0.2, 0.25) is 0 Å². The molecule has 3 aromatic rings. The van der Waals surface area contributed by atoms with Crippen molar-refractivity contribution in [2.45, 2.75) is 13.2 Å². The highest BCUT2D eigenvalue weighted by molar-refractivity contribution is 5.76. The Bertz CT molecular complexity index is 842. The van der Waals surface area contributed by atoms with E-state index in [0.29, 0.717) is 34.5 Å². The Morgan fingerprint density at radius 2 is 1.19 bits per heavy atom. The van der Waals surface area contributed by atoms with Crippen molar-refractivity contribution >= 4 is 6.29 Å². The van der Waals surface area contributed by atoms with Gasteiger partial charge >= 0.3 is 0 Å². The van der Waals surface area contributed by atoms with Gasteiger partial charge in [-0.1, -0.05) is 36.4 Å². The van der Waals surface area contributed by atoms with E-state index in [9.17, 15) is 13.6 Å². The molecule has 0 saturated heterocycles. The molecule has 3 aromatic carbocycles. The van der Waals surface area contributed by atoms with Crippen LogP contribution >= 0.6 is 0 Å². The molecule has 0 amide bonds. The summed E-state index contributed by atoms with van der Waals surface area (Å²) in [5, 5.41) is 0. The van der Waals surface area contributed by atoms with E-state index in [1.165, 1.54) is 24.3 Å². The molecule has 0 atom stereocenters. The Labute approximate surface area is 149 Å². The lowest BCUT2D eigenvalue weighted by Gasteiger charge is -2.11. The summed E-state index contributed by atoms with van der Waals surface area (Å²) in [5.41, 5.74) is 1.15. The van der Waals surface area contributed by atoms with Gasteiger partial charge in [0.05, 0.1) is 0 Å². The SMILES string of the molecule is O=Cc1cc(OCc2ccccc2F)cc(OCc2ccccc2F)c1. The Morgan fingerprint density at radius 1 is 0.731 bits per heavy atom. The molecule has 0 aliphatic carbocycles. The van der Waals surface area contributed by atoms with E-state index in [1.54, 1.807) is 42.5 Å². The molecule has 0 aliphatic heterocycles. The van der Waals surface area contributed by atoms with Gasteiger partial charge < -0.3 is 9.47 Å². The first-order valence-electron chi connectivity index (χ1n) is 7.98. The molecule has 0 spiro atoms. The van der Waals surface area contributed by atoms with Crippen molar-refractivity contribution in [2.24, 2.45) is 0 Å². The molecule has 3 rings (SSSR count). The summed E-state index contributed by atoms with van der Waals surface area (Å²) in [4.78, 5) is 11.1. The number of hydrogen-bond donors (Lipinski definition) is 0. The molecule has 0 saturated carbocycles. The van der Waals surface area contributed by atoms with Gasteiger partial charge in [0.1, 0.15) is 42.6 Å². The molecule has 0 bridgehead atoms. The lowest BCUT2D eigenvalue weighted by atomic mass is 10.2. The molecular formula is C21H16F2O3. The molecular weight excluding hydrogens is 338 g/mol. The monoisotopic (exact) mass is 354 g/mol. The normalized spacial score (nSPS) is 10.4. The van der Waals surface area contributed by atoms with E-state index in [4.69, 9.17) is 9.47 Å². The Hall–Kier alpha value is -3.21. The van der Waals surface area contributed by atoms with Gasteiger partial charge in [0.25, 0.3) is 0 Å². The van der Waals surface area contributed by atoms with Crippen LogP contribution in [0.3, 0.4) is 0 Å². The molecule has 5 heteroatoms.